The second-order valence-corrected chi connectivity index (χ2v) is 29.6. The van der Waals surface area contributed by atoms with Gasteiger partial charge in [-0.2, -0.15) is 0 Å². The van der Waals surface area contributed by atoms with Crippen LogP contribution in [0.5, 0.6) is 0 Å². The second kappa shape index (κ2) is 57.6. The van der Waals surface area contributed by atoms with E-state index in [2.05, 4.69) is 24.5 Å². The number of amides is 2. The highest BCUT2D eigenvalue weighted by molar-refractivity contribution is 5.77. The molecule has 3 rings (SSSR count). The van der Waals surface area contributed by atoms with Gasteiger partial charge in [-0.25, -0.2) is 4.79 Å². The van der Waals surface area contributed by atoms with E-state index in [1.54, 1.807) is 6.08 Å². The first kappa shape index (κ1) is 92.7. The highest BCUT2D eigenvalue weighted by Gasteiger charge is 2.60. The largest absolute Gasteiger partial charge is 0.477 e. The Hall–Kier alpha value is -2.53. The molecule has 14 N–H and O–H groups in total. The number of unbranched alkanes of at least 4 members (excludes halogenated alkanes) is 44. The number of carbonyl (C=O) groups excluding carboxylic acids is 2. The number of nitrogens with one attached hydrogen (secondary N) is 2. The number of allylic oxidation sites excluding steroid dienone is 1. The number of carboxylic acids is 1. The Bertz CT molecular complexity index is 2070. The molecule has 101 heavy (non-hydrogen) atoms. The van der Waals surface area contributed by atoms with Crippen LogP contribution in [0.1, 0.15) is 329 Å². The van der Waals surface area contributed by atoms with Gasteiger partial charge in [-0.3, -0.25) is 9.59 Å². The zero-order chi connectivity index (χ0) is 73.9. The number of aliphatic hydroxyl groups excluding tert-OH is 11. The van der Waals surface area contributed by atoms with E-state index in [0.717, 1.165) is 51.9 Å². The maximum Gasteiger partial charge on any atom is 0.364 e. The average Bonchev–Trinajstić information content (AvgIpc) is 0.756. The van der Waals surface area contributed by atoms with Crippen molar-refractivity contribution in [1.82, 2.24) is 10.6 Å². The first-order valence-corrected chi connectivity index (χ1v) is 40.6. The van der Waals surface area contributed by atoms with E-state index in [0.29, 0.717) is 12.8 Å². The fourth-order valence-electron chi connectivity index (χ4n) is 14.3. The minimum absolute atomic E-state index is 0.206. The molecule has 3 aliphatic heterocycles. The lowest BCUT2D eigenvalue weighted by Crippen LogP contribution is -2.70. The van der Waals surface area contributed by atoms with Crippen molar-refractivity contribution in [2.45, 2.75) is 439 Å². The van der Waals surface area contributed by atoms with Crippen molar-refractivity contribution in [3.05, 3.63) is 12.2 Å². The van der Waals surface area contributed by atoms with Gasteiger partial charge in [0.25, 0.3) is 5.79 Å². The Kier molecular flexibility index (Phi) is 52.9. The van der Waals surface area contributed by atoms with Crippen molar-refractivity contribution in [2.24, 2.45) is 0 Å². The molecule has 3 aliphatic rings. The lowest BCUT2D eigenvalue weighted by molar-refractivity contribution is -0.386. The predicted octanol–water partition coefficient (Wildman–Crippen LogP) is 10.6. The molecule has 3 fully saturated rings. The summed E-state index contributed by atoms with van der Waals surface area (Å²) in [7, 11) is 0. The predicted molar refractivity (Wildman–Crippen MR) is 389 cm³/mol. The van der Waals surface area contributed by atoms with Crippen LogP contribution >= 0.6 is 0 Å². The van der Waals surface area contributed by atoms with Crippen molar-refractivity contribution in [2.75, 3.05) is 26.4 Å². The minimum atomic E-state index is -3.08. The summed E-state index contributed by atoms with van der Waals surface area (Å²) in [6.07, 6.45) is 32.6. The topological polar surface area (TPSA) is 373 Å². The third-order valence-electron chi connectivity index (χ3n) is 20.7. The second-order valence-electron chi connectivity index (χ2n) is 29.6. The molecule has 0 spiro atoms. The maximum absolute atomic E-state index is 13.5. The fourth-order valence-corrected chi connectivity index (χ4v) is 14.3. The molecule has 2 amide bonds. The molecule has 23 nitrogen and oxygen atoms in total. The van der Waals surface area contributed by atoms with Crippen LogP contribution in [0.4, 0.5) is 0 Å². The van der Waals surface area contributed by atoms with E-state index in [9.17, 15) is 75.7 Å². The van der Waals surface area contributed by atoms with Crippen LogP contribution in [0.2, 0.25) is 0 Å². The van der Waals surface area contributed by atoms with Gasteiger partial charge in [0.15, 0.2) is 12.6 Å². The van der Waals surface area contributed by atoms with Crippen LogP contribution in [0.15, 0.2) is 12.2 Å². The smallest absolute Gasteiger partial charge is 0.364 e. The molecular weight excluding hydrogens is 1300 g/mol. The van der Waals surface area contributed by atoms with Gasteiger partial charge in [-0.1, -0.05) is 302 Å². The van der Waals surface area contributed by atoms with Crippen molar-refractivity contribution >= 4 is 17.8 Å². The molecule has 0 aromatic rings. The SMILES string of the molecule is CCCCCCCCCCCCCCCCCC/C=C/C(O)C(COC1OC(CO)C(OC2OC(CO)C(O)C(OC3(C(=O)O)CC(O)C(NC(C)=O)C(C(O)C(O)CO)O3)C2O)C(O)C1O)NC(=O)CCCCCCCCCCCCCCCCCCCCCCCCCCCCCCC. The molecule has 0 aromatic carbocycles. The number of hydrogen-bond donors (Lipinski definition) is 14. The molecular formula is C78H146N2O21. The van der Waals surface area contributed by atoms with Crippen molar-refractivity contribution in [3.63, 3.8) is 0 Å². The summed E-state index contributed by atoms with van der Waals surface area (Å²) >= 11 is 0. The molecule has 18 atom stereocenters. The molecule has 0 aromatic heterocycles. The van der Waals surface area contributed by atoms with E-state index in [1.807, 2.05) is 6.08 Å². The number of rotatable bonds is 64. The molecule has 0 saturated carbocycles. The Morgan fingerprint density at radius 3 is 1.32 bits per heavy atom. The monoisotopic (exact) mass is 1450 g/mol. The lowest BCUT2D eigenvalue weighted by atomic mass is 9.88. The van der Waals surface area contributed by atoms with E-state index in [4.69, 9.17) is 28.4 Å². The first-order valence-electron chi connectivity index (χ1n) is 40.6. The molecule has 0 aliphatic carbocycles. The van der Waals surface area contributed by atoms with Gasteiger partial charge in [0.2, 0.25) is 11.8 Å². The highest BCUT2D eigenvalue weighted by Crippen LogP contribution is 2.39. The fraction of sp³-hybridized carbons (Fsp3) is 0.936. The third-order valence-corrected chi connectivity index (χ3v) is 20.7. The number of hydrogen-bond acceptors (Lipinski definition) is 20. The van der Waals surface area contributed by atoms with Crippen LogP contribution in [0, 0.1) is 0 Å². The zero-order valence-electron chi connectivity index (χ0n) is 62.8. The van der Waals surface area contributed by atoms with Gasteiger partial charge in [-0.05, 0) is 19.3 Å². The summed E-state index contributed by atoms with van der Waals surface area (Å²) in [5.41, 5.74) is 0. The summed E-state index contributed by atoms with van der Waals surface area (Å²) in [5, 5.41) is 136. The highest BCUT2D eigenvalue weighted by atomic mass is 16.8. The number of carbonyl (C=O) groups is 3. The van der Waals surface area contributed by atoms with Crippen molar-refractivity contribution < 1.29 is 104 Å². The van der Waals surface area contributed by atoms with Crippen LogP contribution < -0.4 is 10.6 Å². The molecule has 0 radical (unpaired) electrons. The molecule has 18 unspecified atom stereocenters. The normalized spacial score (nSPS) is 26.8. The van der Waals surface area contributed by atoms with Gasteiger partial charge < -0.3 is 100 Å². The maximum atomic E-state index is 13.5. The van der Waals surface area contributed by atoms with Gasteiger partial charge in [0.05, 0.1) is 50.7 Å². The average molecular weight is 1450 g/mol. The summed E-state index contributed by atoms with van der Waals surface area (Å²) in [5.74, 6) is -6.13. The Labute approximate surface area is 607 Å². The van der Waals surface area contributed by atoms with Crippen molar-refractivity contribution in [1.29, 1.82) is 0 Å². The van der Waals surface area contributed by atoms with Crippen LogP contribution in [-0.4, -0.2) is 215 Å². The van der Waals surface area contributed by atoms with E-state index in [-0.39, 0.29) is 12.3 Å². The number of carboxylic acid groups (broad SMARTS) is 1. The summed E-state index contributed by atoms with van der Waals surface area (Å²) < 4.78 is 34.9. The Morgan fingerprint density at radius 1 is 0.515 bits per heavy atom. The quantitative estimate of drug-likeness (QED) is 0.0199. The minimum Gasteiger partial charge on any atom is -0.477 e. The molecule has 0 bridgehead atoms. The standard InChI is InChI=1S/C78H146N2O21/c1-4-6-8-10-12-14-16-18-20-22-24-25-26-27-28-29-30-31-32-33-34-36-38-40-42-44-46-48-50-52-65(88)80-59(60(85)51-49-47-45-43-41-39-37-35-23-21-19-17-15-13-11-9-7-5-2)57-96-75-70(92)69(91)72(64(56-83)98-75)99-76-71(93)74(68(90)63(55-82)97-76)101-78(77(94)95)53-61(86)66(79-58(3)84)73(100-78)67(89)62(87)54-81/h49,51,59-64,66-76,81-83,85-87,89-93H,4-48,50,52-57H2,1-3H3,(H,79,84)(H,80,88)(H,94,95)/b51-49+. The summed E-state index contributed by atoms with van der Waals surface area (Å²) in [6.45, 7) is 2.19. The molecule has 3 heterocycles. The summed E-state index contributed by atoms with van der Waals surface area (Å²) in [6, 6.07) is -2.62. The van der Waals surface area contributed by atoms with Crippen LogP contribution in [0.25, 0.3) is 0 Å². The summed E-state index contributed by atoms with van der Waals surface area (Å²) in [4.78, 5) is 38.7. The van der Waals surface area contributed by atoms with Crippen LogP contribution in [-0.2, 0) is 42.8 Å². The van der Waals surface area contributed by atoms with Gasteiger partial charge in [0.1, 0.15) is 67.1 Å². The van der Waals surface area contributed by atoms with Gasteiger partial charge in [0, 0.05) is 19.8 Å². The third kappa shape index (κ3) is 38.2. The van der Waals surface area contributed by atoms with E-state index in [1.165, 1.54) is 238 Å². The van der Waals surface area contributed by atoms with E-state index >= 15 is 0 Å². The number of aliphatic hydroxyl groups is 11. The lowest BCUT2D eigenvalue weighted by Gasteiger charge is -2.50. The van der Waals surface area contributed by atoms with E-state index < -0.39 is 155 Å². The Balaban J connectivity index is 1.50. The van der Waals surface area contributed by atoms with Crippen molar-refractivity contribution in [3.8, 4) is 0 Å². The number of aliphatic carboxylic acids is 1. The number of ether oxygens (including phenoxy) is 6. The molecule has 594 valence electrons. The Morgan fingerprint density at radius 2 is 0.921 bits per heavy atom. The zero-order valence-corrected chi connectivity index (χ0v) is 62.8. The van der Waals surface area contributed by atoms with Crippen LogP contribution in [0.3, 0.4) is 0 Å². The first-order chi connectivity index (χ1) is 48.9. The van der Waals surface area contributed by atoms with Gasteiger partial charge in [-0.15, -0.1) is 0 Å². The molecule has 23 heteroatoms. The van der Waals surface area contributed by atoms with Gasteiger partial charge >= 0.3 is 5.97 Å². The molecule has 3 saturated heterocycles.